The summed E-state index contributed by atoms with van der Waals surface area (Å²) in [5.74, 6) is 0.393. The van der Waals surface area contributed by atoms with Crippen LogP contribution in [0.15, 0.2) is 0 Å². The Labute approximate surface area is 97.5 Å². The van der Waals surface area contributed by atoms with E-state index in [0.29, 0.717) is 13.0 Å². The van der Waals surface area contributed by atoms with Gasteiger partial charge in [0.15, 0.2) is 5.90 Å². The van der Waals surface area contributed by atoms with Crippen molar-refractivity contribution in [2.24, 2.45) is 5.92 Å². The second-order valence-corrected chi connectivity index (χ2v) is 4.63. The van der Waals surface area contributed by atoms with E-state index in [4.69, 9.17) is 10.1 Å². The van der Waals surface area contributed by atoms with Crippen LogP contribution in [0.5, 0.6) is 0 Å². The number of unbranched alkanes of at least 4 members (excludes halogenated alkanes) is 1. The molecule has 0 spiro atoms. The summed E-state index contributed by atoms with van der Waals surface area (Å²) in [5.41, 5.74) is 0. The van der Waals surface area contributed by atoms with Crippen LogP contribution in [0.3, 0.4) is 0 Å². The molecule has 1 N–H and O–H groups in total. The maximum atomic E-state index is 11.7. The van der Waals surface area contributed by atoms with Crippen LogP contribution in [0.25, 0.3) is 0 Å². The van der Waals surface area contributed by atoms with Gasteiger partial charge in [0.2, 0.25) is 5.91 Å². The molecule has 1 heterocycles. The molecular formula is C12H22N2O2. The van der Waals surface area contributed by atoms with Gasteiger partial charge in [-0.2, -0.15) is 0 Å². The third-order valence-corrected chi connectivity index (χ3v) is 2.73. The summed E-state index contributed by atoms with van der Waals surface area (Å²) in [6.45, 7) is 7.40. The fourth-order valence-electron chi connectivity index (χ4n) is 1.86. The van der Waals surface area contributed by atoms with Crippen molar-refractivity contribution in [1.82, 2.24) is 4.90 Å². The highest BCUT2D eigenvalue weighted by Gasteiger charge is 2.33. The lowest BCUT2D eigenvalue weighted by atomic mass is 10.1. The summed E-state index contributed by atoms with van der Waals surface area (Å²) in [7, 11) is 0. The summed E-state index contributed by atoms with van der Waals surface area (Å²) in [6, 6.07) is 0. The zero-order valence-electron chi connectivity index (χ0n) is 10.5. The van der Waals surface area contributed by atoms with Crippen LogP contribution in [-0.2, 0) is 9.53 Å². The van der Waals surface area contributed by atoms with Crippen LogP contribution in [0.4, 0.5) is 0 Å². The lowest BCUT2D eigenvalue weighted by Gasteiger charge is -2.17. The second-order valence-electron chi connectivity index (χ2n) is 4.63. The van der Waals surface area contributed by atoms with E-state index in [-0.39, 0.29) is 23.8 Å². The highest BCUT2D eigenvalue weighted by molar-refractivity contribution is 5.87. The monoisotopic (exact) mass is 226 g/mol. The third kappa shape index (κ3) is 3.51. The number of rotatable bonds is 5. The predicted molar refractivity (Wildman–Crippen MR) is 63.5 cm³/mol. The van der Waals surface area contributed by atoms with E-state index in [0.717, 1.165) is 19.4 Å². The number of ether oxygens (including phenoxy) is 1. The molecule has 4 nitrogen and oxygen atoms in total. The molecule has 0 aliphatic carbocycles. The molecule has 0 saturated carbocycles. The van der Waals surface area contributed by atoms with Crippen LogP contribution in [0.1, 0.15) is 40.0 Å². The highest BCUT2D eigenvalue weighted by Crippen LogP contribution is 2.20. The molecule has 1 unspecified atom stereocenters. The number of amides is 1. The van der Waals surface area contributed by atoms with E-state index >= 15 is 0 Å². The van der Waals surface area contributed by atoms with Gasteiger partial charge < -0.3 is 9.64 Å². The Kier molecular flexibility index (Phi) is 4.77. The topological polar surface area (TPSA) is 53.4 Å². The molecule has 16 heavy (non-hydrogen) atoms. The van der Waals surface area contributed by atoms with Gasteiger partial charge in [-0.25, -0.2) is 0 Å². The Morgan fingerprint density at radius 2 is 2.31 bits per heavy atom. The number of hydrogen-bond donors (Lipinski definition) is 1. The van der Waals surface area contributed by atoms with Crippen molar-refractivity contribution in [3.63, 3.8) is 0 Å². The van der Waals surface area contributed by atoms with Crippen molar-refractivity contribution in [1.29, 1.82) is 5.41 Å². The first-order valence-electron chi connectivity index (χ1n) is 6.07. The first kappa shape index (κ1) is 13.0. The van der Waals surface area contributed by atoms with Crippen molar-refractivity contribution >= 4 is 11.8 Å². The first-order valence-corrected chi connectivity index (χ1v) is 6.07. The van der Waals surface area contributed by atoms with Crippen molar-refractivity contribution in [3.8, 4) is 0 Å². The van der Waals surface area contributed by atoms with E-state index in [1.165, 1.54) is 0 Å². The lowest BCUT2D eigenvalue weighted by molar-refractivity contribution is -0.127. The van der Waals surface area contributed by atoms with Crippen LogP contribution < -0.4 is 0 Å². The lowest BCUT2D eigenvalue weighted by Crippen LogP contribution is -2.28. The number of carbonyl (C=O) groups excluding carboxylic acids is 1. The molecule has 0 aromatic heterocycles. The Hall–Kier alpha value is -1.06. The summed E-state index contributed by atoms with van der Waals surface area (Å²) in [5, 5.41) is 7.77. The molecule has 0 aromatic rings. The molecule has 0 bridgehead atoms. The van der Waals surface area contributed by atoms with Gasteiger partial charge in [0.05, 0.1) is 12.0 Å². The molecule has 92 valence electrons. The Morgan fingerprint density at radius 1 is 1.62 bits per heavy atom. The Balaban J connectivity index is 2.43. The number of nitrogens with one attached hydrogen (secondary N) is 1. The molecule has 1 aliphatic rings. The summed E-state index contributed by atoms with van der Waals surface area (Å²) < 4.78 is 5.34. The molecule has 4 heteroatoms. The number of likely N-dealkylation sites (tertiary alicyclic amines) is 1. The Bertz CT molecular complexity index is 264. The molecular weight excluding hydrogens is 204 g/mol. The van der Waals surface area contributed by atoms with E-state index in [2.05, 4.69) is 6.92 Å². The predicted octanol–water partition coefficient (Wildman–Crippen LogP) is 2.04. The first-order chi connectivity index (χ1) is 7.54. The van der Waals surface area contributed by atoms with E-state index in [1.807, 2.05) is 18.7 Å². The molecule has 1 saturated heterocycles. The van der Waals surface area contributed by atoms with Gasteiger partial charge in [0, 0.05) is 19.5 Å². The van der Waals surface area contributed by atoms with Gasteiger partial charge in [-0.1, -0.05) is 13.3 Å². The maximum Gasteiger partial charge on any atom is 0.223 e. The molecule has 1 atom stereocenters. The SMILES string of the molecule is CCCCN1CC(C(=N)OC(C)C)CC1=O. The minimum absolute atomic E-state index is 0.0206. The summed E-state index contributed by atoms with van der Waals surface area (Å²) in [4.78, 5) is 13.5. The molecule has 1 amide bonds. The molecule has 1 fully saturated rings. The third-order valence-electron chi connectivity index (χ3n) is 2.73. The van der Waals surface area contributed by atoms with Gasteiger partial charge in [-0.05, 0) is 20.3 Å². The standard InChI is InChI=1S/C12H22N2O2/c1-4-5-6-14-8-10(7-11(14)15)12(13)16-9(2)3/h9-10,13H,4-8H2,1-3H3. The number of carbonyl (C=O) groups is 1. The molecule has 0 radical (unpaired) electrons. The van der Waals surface area contributed by atoms with Crippen molar-refractivity contribution in [2.45, 2.75) is 46.1 Å². The average molecular weight is 226 g/mol. The van der Waals surface area contributed by atoms with Crippen LogP contribution in [0.2, 0.25) is 0 Å². The van der Waals surface area contributed by atoms with Gasteiger partial charge in [0.25, 0.3) is 0 Å². The highest BCUT2D eigenvalue weighted by atomic mass is 16.5. The van der Waals surface area contributed by atoms with Gasteiger partial charge in [0.1, 0.15) is 0 Å². The van der Waals surface area contributed by atoms with Crippen molar-refractivity contribution in [3.05, 3.63) is 0 Å². The average Bonchev–Trinajstić information content (AvgIpc) is 2.56. The van der Waals surface area contributed by atoms with Crippen molar-refractivity contribution in [2.75, 3.05) is 13.1 Å². The molecule has 0 aromatic carbocycles. The fourth-order valence-corrected chi connectivity index (χ4v) is 1.86. The zero-order chi connectivity index (χ0) is 12.1. The van der Waals surface area contributed by atoms with E-state index in [9.17, 15) is 4.79 Å². The van der Waals surface area contributed by atoms with E-state index < -0.39 is 0 Å². The summed E-state index contributed by atoms with van der Waals surface area (Å²) >= 11 is 0. The van der Waals surface area contributed by atoms with Crippen LogP contribution >= 0.6 is 0 Å². The number of hydrogen-bond acceptors (Lipinski definition) is 3. The molecule has 1 aliphatic heterocycles. The van der Waals surface area contributed by atoms with Crippen LogP contribution in [-0.4, -0.2) is 35.9 Å². The maximum absolute atomic E-state index is 11.7. The largest absolute Gasteiger partial charge is 0.478 e. The minimum Gasteiger partial charge on any atom is -0.478 e. The minimum atomic E-state index is -0.0354. The van der Waals surface area contributed by atoms with Gasteiger partial charge in [-0.15, -0.1) is 0 Å². The normalized spacial score (nSPS) is 20.6. The summed E-state index contributed by atoms with van der Waals surface area (Å²) in [6.07, 6.45) is 2.59. The number of nitrogens with zero attached hydrogens (tertiary/aromatic N) is 1. The Morgan fingerprint density at radius 3 is 2.88 bits per heavy atom. The van der Waals surface area contributed by atoms with E-state index in [1.54, 1.807) is 0 Å². The zero-order valence-corrected chi connectivity index (χ0v) is 10.5. The van der Waals surface area contributed by atoms with Gasteiger partial charge >= 0.3 is 0 Å². The quantitative estimate of drug-likeness (QED) is 0.576. The van der Waals surface area contributed by atoms with Gasteiger partial charge in [-0.3, -0.25) is 10.2 Å². The van der Waals surface area contributed by atoms with Crippen LogP contribution in [0, 0.1) is 11.3 Å². The van der Waals surface area contributed by atoms with Crippen molar-refractivity contribution < 1.29 is 9.53 Å². The smallest absolute Gasteiger partial charge is 0.223 e. The second kappa shape index (κ2) is 5.87. The molecule has 1 rings (SSSR count). The fraction of sp³-hybridized carbons (Fsp3) is 0.833.